The number of rotatable bonds is 8. The van der Waals surface area contributed by atoms with Crippen LogP contribution < -0.4 is 25.1 Å². The smallest absolute Gasteiger partial charge is 0.257 e. The Morgan fingerprint density at radius 1 is 1.09 bits per heavy atom. The third-order valence-corrected chi connectivity index (χ3v) is 7.42. The fraction of sp³-hybridized carbons (Fsp3) is 0.500. The number of anilines is 1. The van der Waals surface area contributed by atoms with E-state index in [0.29, 0.717) is 57.8 Å². The maximum absolute atomic E-state index is 13.5. The molecule has 1 aromatic carbocycles. The molecule has 1 aromatic heterocycles. The van der Waals surface area contributed by atoms with E-state index >= 15 is 0 Å². The molecule has 0 spiro atoms. The zero-order valence-electron chi connectivity index (χ0n) is 21.2. The summed E-state index contributed by atoms with van der Waals surface area (Å²) in [5.74, 6) is 2.16. The molecule has 35 heavy (non-hydrogen) atoms. The van der Waals surface area contributed by atoms with E-state index in [4.69, 9.17) is 19.2 Å². The van der Waals surface area contributed by atoms with Gasteiger partial charge < -0.3 is 24.5 Å². The van der Waals surface area contributed by atoms with Gasteiger partial charge in [0.05, 0.1) is 26.9 Å². The van der Waals surface area contributed by atoms with E-state index in [1.165, 1.54) is 11.8 Å². The molecule has 188 valence electrons. The highest BCUT2D eigenvalue weighted by Gasteiger charge is 2.43. The van der Waals surface area contributed by atoms with Crippen LogP contribution in [0.3, 0.4) is 0 Å². The van der Waals surface area contributed by atoms with Crippen molar-refractivity contribution >= 4 is 23.4 Å². The molecule has 0 radical (unpaired) electrons. The number of H-pyrrole nitrogens is 1. The van der Waals surface area contributed by atoms with Crippen LogP contribution in [0.1, 0.15) is 63.5 Å². The summed E-state index contributed by atoms with van der Waals surface area (Å²) >= 11 is 1.53. The van der Waals surface area contributed by atoms with E-state index in [2.05, 4.69) is 31.1 Å². The fourth-order valence-electron chi connectivity index (χ4n) is 4.88. The first kappa shape index (κ1) is 25.2. The second-order valence-electron chi connectivity index (χ2n) is 9.69. The number of thioether (sulfide) groups is 1. The average Bonchev–Trinajstić information content (AvgIpc) is 2.81. The molecule has 1 atom stereocenters. The van der Waals surface area contributed by atoms with Gasteiger partial charge in [-0.1, -0.05) is 39.0 Å². The number of ether oxygens (including phenoxy) is 3. The molecule has 2 heterocycles. The normalized spacial score (nSPS) is 18.5. The number of nitrogens with zero attached hydrogens (tertiary/aromatic N) is 1. The van der Waals surface area contributed by atoms with Crippen molar-refractivity contribution in [3.8, 4) is 17.2 Å². The van der Waals surface area contributed by atoms with Crippen LogP contribution in [0, 0.1) is 5.41 Å². The number of fused-ring (bicyclic) bond motifs is 1. The minimum Gasteiger partial charge on any atom is -0.493 e. The summed E-state index contributed by atoms with van der Waals surface area (Å²) in [6, 6.07) is 3.62. The third kappa shape index (κ3) is 4.78. The molecular formula is C26H33N3O5S. The molecule has 0 saturated heterocycles. The lowest BCUT2D eigenvalue weighted by atomic mass is 9.69. The summed E-state index contributed by atoms with van der Waals surface area (Å²) in [5, 5.41) is 3.94. The first-order valence-corrected chi connectivity index (χ1v) is 12.8. The van der Waals surface area contributed by atoms with Crippen molar-refractivity contribution in [1.82, 2.24) is 9.97 Å². The molecule has 1 aliphatic heterocycles. The van der Waals surface area contributed by atoms with E-state index in [0.717, 1.165) is 24.3 Å². The Bertz CT molecular complexity index is 1210. The van der Waals surface area contributed by atoms with Gasteiger partial charge in [-0.25, -0.2) is 4.98 Å². The van der Waals surface area contributed by atoms with E-state index in [9.17, 15) is 9.59 Å². The minimum atomic E-state index is -0.607. The Labute approximate surface area is 209 Å². The zero-order chi connectivity index (χ0) is 25.3. The predicted octanol–water partition coefficient (Wildman–Crippen LogP) is 4.89. The van der Waals surface area contributed by atoms with Crippen LogP contribution in [-0.4, -0.2) is 42.8 Å². The Morgan fingerprint density at radius 3 is 2.37 bits per heavy atom. The SMILES string of the molecule is CCCCSc1nc2c(c(=O)[nH]1)C(c1cc(OC)c(OC)c(OC)c1)C1=C(CC(C)(C)CC1=O)N2. The van der Waals surface area contributed by atoms with Crippen molar-refractivity contribution in [2.24, 2.45) is 5.41 Å². The molecule has 0 bridgehead atoms. The topological polar surface area (TPSA) is 103 Å². The number of aromatic nitrogens is 2. The van der Waals surface area contributed by atoms with E-state index in [-0.39, 0.29) is 16.8 Å². The van der Waals surface area contributed by atoms with Crippen LogP contribution in [0.2, 0.25) is 0 Å². The molecule has 2 N–H and O–H groups in total. The van der Waals surface area contributed by atoms with E-state index in [1.807, 2.05) is 12.1 Å². The molecule has 0 fully saturated rings. The van der Waals surface area contributed by atoms with Crippen LogP contribution in [0.4, 0.5) is 5.82 Å². The van der Waals surface area contributed by atoms with Gasteiger partial charge in [0.2, 0.25) is 5.75 Å². The second kappa shape index (κ2) is 9.97. The number of hydrogen-bond acceptors (Lipinski definition) is 8. The largest absolute Gasteiger partial charge is 0.493 e. The number of benzene rings is 1. The number of hydrogen-bond donors (Lipinski definition) is 2. The first-order chi connectivity index (χ1) is 16.7. The van der Waals surface area contributed by atoms with Crippen molar-refractivity contribution in [1.29, 1.82) is 0 Å². The van der Waals surface area contributed by atoms with Crippen molar-refractivity contribution in [3.05, 3.63) is 44.9 Å². The minimum absolute atomic E-state index is 0.0222. The standard InChI is InChI=1S/C26H33N3O5S/c1-7-8-9-35-25-28-23-21(24(31)29-25)19(20-15(27-23)12-26(2,3)13-16(20)30)14-10-17(32-4)22(34-6)18(11-14)33-5/h10-11,19H,7-9,12-13H2,1-6H3,(H2,27,28,29,31). The van der Waals surface area contributed by atoms with Crippen LogP contribution >= 0.6 is 11.8 Å². The van der Waals surface area contributed by atoms with Crippen LogP contribution in [0.5, 0.6) is 17.2 Å². The monoisotopic (exact) mass is 499 g/mol. The molecular weight excluding hydrogens is 466 g/mol. The van der Waals surface area contributed by atoms with Crippen LogP contribution in [-0.2, 0) is 4.79 Å². The number of nitrogens with one attached hydrogen (secondary N) is 2. The highest BCUT2D eigenvalue weighted by molar-refractivity contribution is 7.99. The molecule has 0 saturated carbocycles. The lowest BCUT2D eigenvalue weighted by molar-refractivity contribution is -0.118. The number of carbonyl (C=O) groups excluding carboxylic acids is 1. The van der Waals surface area contributed by atoms with Gasteiger partial charge in [-0.2, -0.15) is 0 Å². The number of carbonyl (C=O) groups is 1. The van der Waals surface area contributed by atoms with Crippen LogP contribution in [0.15, 0.2) is 33.4 Å². The average molecular weight is 500 g/mol. The van der Waals surface area contributed by atoms with Gasteiger partial charge >= 0.3 is 0 Å². The van der Waals surface area contributed by atoms with Crippen molar-refractivity contribution in [2.75, 3.05) is 32.4 Å². The number of ketones is 1. The number of methoxy groups -OCH3 is 3. The van der Waals surface area contributed by atoms with Crippen molar-refractivity contribution < 1.29 is 19.0 Å². The molecule has 1 aliphatic carbocycles. The Hall–Kier alpha value is -2.94. The quantitative estimate of drug-likeness (QED) is 0.301. The van der Waals surface area contributed by atoms with Gasteiger partial charge in [-0.15, -0.1) is 0 Å². The van der Waals surface area contributed by atoms with Crippen molar-refractivity contribution in [3.63, 3.8) is 0 Å². The Balaban J connectivity index is 1.94. The summed E-state index contributed by atoms with van der Waals surface area (Å²) in [7, 11) is 4.63. The highest BCUT2D eigenvalue weighted by Crippen LogP contribution is 2.50. The van der Waals surface area contributed by atoms with Crippen LogP contribution in [0.25, 0.3) is 0 Å². The van der Waals surface area contributed by atoms with Gasteiger partial charge in [0, 0.05) is 29.4 Å². The molecule has 8 nitrogen and oxygen atoms in total. The summed E-state index contributed by atoms with van der Waals surface area (Å²) < 4.78 is 16.6. The number of allylic oxidation sites excluding steroid dienone is 2. The fourth-order valence-corrected chi connectivity index (χ4v) is 5.82. The zero-order valence-corrected chi connectivity index (χ0v) is 22.0. The Morgan fingerprint density at radius 2 is 1.77 bits per heavy atom. The summed E-state index contributed by atoms with van der Waals surface area (Å²) in [5.41, 5.74) is 2.10. The Kier molecular flexibility index (Phi) is 7.17. The molecule has 9 heteroatoms. The maximum Gasteiger partial charge on any atom is 0.257 e. The third-order valence-electron chi connectivity index (χ3n) is 6.46. The van der Waals surface area contributed by atoms with Gasteiger partial charge in [0.1, 0.15) is 5.82 Å². The molecule has 0 amide bonds. The molecule has 4 rings (SSSR count). The van der Waals surface area contributed by atoms with E-state index < -0.39 is 5.92 Å². The number of unbranched alkanes of at least 4 members (excludes halogenated alkanes) is 1. The molecule has 2 aromatic rings. The first-order valence-electron chi connectivity index (χ1n) is 11.8. The van der Waals surface area contributed by atoms with E-state index in [1.54, 1.807) is 21.3 Å². The second-order valence-corrected chi connectivity index (χ2v) is 10.8. The summed E-state index contributed by atoms with van der Waals surface area (Å²) in [4.78, 5) is 34.7. The number of aromatic amines is 1. The van der Waals surface area contributed by atoms with Gasteiger partial charge in [0.25, 0.3) is 5.56 Å². The van der Waals surface area contributed by atoms with Gasteiger partial charge in [-0.05, 0) is 36.0 Å². The van der Waals surface area contributed by atoms with Gasteiger partial charge in [0.15, 0.2) is 22.4 Å². The highest BCUT2D eigenvalue weighted by atomic mass is 32.2. The maximum atomic E-state index is 13.5. The van der Waals surface area contributed by atoms with Gasteiger partial charge in [-0.3, -0.25) is 9.59 Å². The number of Topliss-reactive ketones (excluding diaryl/α,β-unsaturated/α-hetero) is 1. The lowest BCUT2D eigenvalue weighted by Crippen LogP contribution is -2.37. The molecule has 2 aliphatic rings. The summed E-state index contributed by atoms with van der Waals surface area (Å²) in [6.07, 6.45) is 3.18. The predicted molar refractivity (Wildman–Crippen MR) is 137 cm³/mol. The van der Waals surface area contributed by atoms with Crippen molar-refractivity contribution in [2.45, 2.75) is 57.5 Å². The summed E-state index contributed by atoms with van der Waals surface area (Å²) in [6.45, 7) is 6.29. The molecule has 1 unspecified atom stereocenters. The lowest BCUT2D eigenvalue weighted by Gasteiger charge is -2.38.